The van der Waals surface area contributed by atoms with E-state index in [1.54, 1.807) is 54.2 Å². The van der Waals surface area contributed by atoms with Crippen molar-refractivity contribution in [3.8, 4) is 0 Å². The molecule has 0 aliphatic rings. The fraction of sp³-hybridized carbons (Fsp3) is 0.273. The van der Waals surface area contributed by atoms with E-state index in [1.165, 1.54) is 0 Å². The third-order valence-corrected chi connectivity index (χ3v) is 4.76. The number of ketones is 1. The number of hydrogen-bond donors (Lipinski definition) is 1. The summed E-state index contributed by atoms with van der Waals surface area (Å²) in [6.45, 7) is 2.13. The summed E-state index contributed by atoms with van der Waals surface area (Å²) in [7, 11) is 0. The van der Waals surface area contributed by atoms with Gasteiger partial charge in [-0.15, -0.1) is 11.8 Å². The van der Waals surface area contributed by atoms with E-state index in [1.807, 2.05) is 24.5 Å². The van der Waals surface area contributed by atoms with Crippen molar-refractivity contribution < 1.29 is 14.4 Å². The third-order valence-electron chi connectivity index (χ3n) is 4.02. The van der Waals surface area contributed by atoms with Gasteiger partial charge in [0.05, 0.1) is 5.56 Å². The van der Waals surface area contributed by atoms with Gasteiger partial charge in [-0.2, -0.15) is 0 Å². The smallest absolute Gasteiger partial charge is 0.338 e. The molecule has 0 radical (unpaired) electrons. The minimum absolute atomic E-state index is 0.194. The molecule has 2 aromatic rings. The van der Waals surface area contributed by atoms with Crippen LogP contribution in [-0.2, 0) is 4.84 Å². The van der Waals surface area contributed by atoms with E-state index in [-0.39, 0.29) is 11.5 Å². The minimum atomic E-state index is -0.527. The molecular weight excluding hydrogens is 358 g/mol. The topological polar surface area (TPSA) is 55.4 Å². The highest BCUT2D eigenvalue weighted by atomic mass is 32.2. The highest BCUT2D eigenvalue weighted by Gasteiger charge is 2.15. The lowest BCUT2D eigenvalue weighted by Gasteiger charge is -2.11. The summed E-state index contributed by atoms with van der Waals surface area (Å²) < 4.78 is 0. The Hall–Kier alpha value is -2.53. The SMILES string of the molecule is CCCCC/C=C(\NOC(=O)c1ccccc1)C(=O)c1ccc(SC)cc1. The number of carbonyl (C=O) groups excluding carboxylic acids is 2. The van der Waals surface area contributed by atoms with Crippen LogP contribution in [0.5, 0.6) is 0 Å². The second kappa shape index (κ2) is 11.2. The molecule has 0 saturated heterocycles. The normalized spacial score (nSPS) is 11.1. The van der Waals surface area contributed by atoms with E-state index in [9.17, 15) is 9.59 Å². The first-order valence-corrected chi connectivity index (χ1v) is 10.3. The molecule has 0 unspecified atom stereocenters. The lowest BCUT2D eigenvalue weighted by atomic mass is 10.1. The Bertz CT molecular complexity index is 770. The Balaban J connectivity index is 2.09. The second-order valence-corrected chi connectivity index (χ2v) is 6.91. The highest BCUT2D eigenvalue weighted by molar-refractivity contribution is 7.98. The summed E-state index contributed by atoms with van der Waals surface area (Å²) >= 11 is 1.62. The molecule has 142 valence electrons. The average Bonchev–Trinajstić information content (AvgIpc) is 2.73. The van der Waals surface area contributed by atoms with Crippen LogP contribution in [0.25, 0.3) is 0 Å². The van der Waals surface area contributed by atoms with Crippen molar-refractivity contribution in [1.82, 2.24) is 5.48 Å². The molecule has 0 saturated carbocycles. The van der Waals surface area contributed by atoms with Crippen molar-refractivity contribution in [3.05, 3.63) is 77.5 Å². The van der Waals surface area contributed by atoms with Crippen LogP contribution in [0, 0.1) is 0 Å². The van der Waals surface area contributed by atoms with E-state index >= 15 is 0 Å². The largest absolute Gasteiger partial charge is 0.362 e. The Morgan fingerprint density at radius 1 is 1.00 bits per heavy atom. The van der Waals surface area contributed by atoms with Crippen LogP contribution >= 0.6 is 11.8 Å². The molecule has 2 rings (SSSR count). The van der Waals surface area contributed by atoms with Gasteiger partial charge in [0.25, 0.3) is 0 Å². The standard InChI is InChI=1S/C22H25NO3S/c1-3-4-5-9-12-20(21(24)17-13-15-19(27-2)16-14-17)23-26-22(25)18-10-7-6-8-11-18/h6-8,10-16,23H,3-5,9H2,1-2H3/b20-12-. The predicted molar refractivity (Wildman–Crippen MR) is 110 cm³/mol. The average molecular weight is 384 g/mol. The predicted octanol–water partition coefficient (Wildman–Crippen LogP) is 5.42. The van der Waals surface area contributed by atoms with Crippen LogP contribution < -0.4 is 5.48 Å². The van der Waals surface area contributed by atoms with Crippen molar-refractivity contribution in [1.29, 1.82) is 0 Å². The molecule has 1 N–H and O–H groups in total. The first kappa shape index (κ1) is 20.8. The van der Waals surface area contributed by atoms with Gasteiger partial charge in [0.15, 0.2) is 0 Å². The van der Waals surface area contributed by atoms with E-state index in [4.69, 9.17) is 4.84 Å². The van der Waals surface area contributed by atoms with Crippen molar-refractivity contribution in [2.75, 3.05) is 6.26 Å². The number of carbonyl (C=O) groups is 2. The van der Waals surface area contributed by atoms with Gasteiger partial charge in [-0.1, -0.05) is 44.0 Å². The quantitative estimate of drug-likeness (QED) is 0.195. The van der Waals surface area contributed by atoms with E-state index in [0.717, 1.165) is 30.6 Å². The van der Waals surface area contributed by atoms with E-state index in [2.05, 4.69) is 12.4 Å². The summed E-state index contributed by atoms with van der Waals surface area (Å²) in [5, 5.41) is 0. The highest BCUT2D eigenvalue weighted by Crippen LogP contribution is 2.17. The number of unbranched alkanes of at least 4 members (excludes halogenated alkanes) is 3. The molecule has 0 aliphatic heterocycles. The summed E-state index contributed by atoms with van der Waals surface area (Å²) in [6, 6.07) is 16.1. The molecule has 27 heavy (non-hydrogen) atoms. The van der Waals surface area contributed by atoms with Crippen molar-refractivity contribution in [3.63, 3.8) is 0 Å². The van der Waals surface area contributed by atoms with E-state index in [0.29, 0.717) is 11.1 Å². The Kier molecular flexibility index (Phi) is 8.65. The first-order valence-electron chi connectivity index (χ1n) is 9.06. The van der Waals surface area contributed by atoms with Crippen molar-refractivity contribution in [2.24, 2.45) is 0 Å². The van der Waals surface area contributed by atoms with Crippen LogP contribution in [-0.4, -0.2) is 18.0 Å². The minimum Gasteiger partial charge on any atom is -0.338 e. The molecule has 0 spiro atoms. The van der Waals surface area contributed by atoms with Gasteiger partial charge in [-0.25, -0.2) is 10.3 Å². The number of benzene rings is 2. The number of hydroxylamine groups is 1. The van der Waals surface area contributed by atoms with Crippen LogP contribution in [0.3, 0.4) is 0 Å². The van der Waals surface area contributed by atoms with Gasteiger partial charge < -0.3 is 4.84 Å². The molecular formula is C22H25NO3S. The number of rotatable bonds is 10. The van der Waals surface area contributed by atoms with E-state index < -0.39 is 5.97 Å². The third kappa shape index (κ3) is 6.61. The molecule has 0 fully saturated rings. The molecule has 0 heterocycles. The maximum atomic E-state index is 12.8. The van der Waals surface area contributed by atoms with Gasteiger partial charge in [-0.05, 0) is 55.5 Å². The second-order valence-electron chi connectivity index (χ2n) is 6.03. The summed E-state index contributed by atoms with van der Waals surface area (Å²) in [4.78, 5) is 31.2. The van der Waals surface area contributed by atoms with Crippen LogP contribution in [0.4, 0.5) is 0 Å². The van der Waals surface area contributed by atoms with Gasteiger partial charge in [0.1, 0.15) is 5.70 Å². The number of allylic oxidation sites excluding steroid dienone is 2. The fourth-order valence-corrected chi connectivity index (χ4v) is 2.86. The molecule has 0 amide bonds. The fourth-order valence-electron chi connectivity index (χ4n) is 2.45. The lowest BCUT2D eigenvalue weighted by Crippen LogP contribution is -2.24. The van der Waals surface area contributed by atoms with Gasteiger partial charge in [0.2, 0.25) is 5.78 Å². The molecule has 0 bridgehead atoms. The first-order chi connectivity index (χ1) is 13.2. The van der Waals surface area contributed by atoms with Gasteiger partial charge in [0, 0.05) is 10.5 Å². The zero-order valence-corrected chi connectivity index (χ0v) is 16.6. The molecule has 5 heteroatoms. The van der Waals surface area contributed by atoms with Gasteiger partial charge >= 0.3 is 5.97 Å². The molecule has 2 aromatic carbocycles. The maximum absolute atomic E-state index is 12.8. The Labute approximate surface area is 165 Å². The number of Topliss-reactive ketones (excluding diaryl/α,β-unsaturated/α-hetero) is 1. The van der Waals surface area contributed by atoms with Gasteiger partial charge in [-0.3, -0.25) is 4.79 Å². The number of thioether (sulfide) groups is 1. The van der Waals surface area contributed by atoms with Crippen LogP contribution in [0.1, 0.15) is 53.3 Å². The maximum Gasteiger partial charge on any atom is 0.362 e. The van der Waals surface area contributed by atoms with Crippen molar-refractivity contribution in [2.45, 2.75) is 37.5 Å². The Morgan fingerprint density at radius 2 is 1.70 bits per heavy atom. The molecule has 0 atom stereocenters. The molecule has 0 aromatic heterocycles. The zero-order chi connectivity index (χ0) is 19.5. The lowest BCUT2D eigenvalue weighted by molar-refractivity contribution is 0.0320. The molecule has 4 nitrogen and oxygen atoms in total. The Morgan fingerprint density at radius 3 is 2.33 bits per heavy atom. The summed E-state index contributed by atoms with van der Waals surface area (Å²) in [5.74, 6) is -0.722. The number of nitrogens with one attached hydrogen (secondary N) is 1. The summed E-state index contributed by atoms with van der Waals surface area (Å²) in [6.07, 6.45) is 7.70. The number of hydrogen-bond acceptors (Lipinski definition) is 5. The monoisotopic (exact) mass is 383 g/mol. The zero-order valence-electron chi connectivity index (χ0n) is 15.7. The molecule has 0 aliphatic carbocycles. The van der Waals surface area contributed by atoms with Crippen molar-refractivity contribution >= 4 is 23.5 Å². The summed E-state index contributed by atoms with van der Waals surface area (Å²) in [5.41, 5.74) is 3.84. The van der Waals surface area contributed by atoms with Crippen LogP contribution in [0.15, 0.2) is 71.3 Å². The van der Waals surface area contributed by atoms with Crippen LogP contribution in [0.2, 0.25) is 0 Å².